The summed E-state index contributed by atoms with van der Waals surface area (Å²) < 4.78 is 13.7. The lowest BCUT2D eigenvalue weighted by Gasteiger charge is -2.14. The first-order chi connectivity index (χ1) is 8.31. The van der Waals surface area contributed by atoms with Crippen LogP contribution < -0.4 is 5.73 Å². The molecule has 0 saturated carbocycles. The summed E-state index contributed by atoms with van der Waals surface area (Å²) in [5.41, 5.74) is 6.23. The predicted octanol–water partition coefficient (Wildman–Crippen LogP) is 3.25. The van der Waals surface area contributed by atoms with E-state index >= 15 is 0 Å². The van der Waals surface area contributed by atoms with Gasteiger partial charge in [0, 0.05) is 17.7 Å². The van der Waals surface area contributed by atoms with E-state index in [1.165, 1.54) is 12.1 Å². The van der Waals surface area contributed by atoms with Crippen LogP contribution in [0.5, 0.6) is 0 Å². The fourth-order valence-corrected chi connectivity index (χ4v) is 2.33. The van der Waals surface area contributed by atoms with E-state index in [4.69, 9.17) is 5.73 Å². The normalized spacial score (nSPS) is 12.8. The van der Waals surface area contributed by atoms with E-state index in [-0.39, 0.29) is 15.3 Å². The summed E-state index contributed by atoms with van der Waals surface area (Å²) in [7, 11) is 0. The van der Waals surface area contributed by atoms with Crippen molar-refractivity contribution >= 4 is 28.3 Å². The first kappa shape index (κ1) is 15.3. The molecule has 1 aromatic carbocycles. The van der Waals surface area contributed by atoms with Gasteiger partial charge in [-0.2, -0.15) is 0 Å². The number of hydrogen-bond acceptors (Lipinski definition) is 3. The Labute approximate surface area is 119 Å². The largest absolute Gasteiger partial charge is 0.327 e. The van der Waals surface area contributed by atoms with Crippen molar-refractivity contribution in [2.45, 2.75) is 32.7 Å². The lowest BCUT2D eigenvalue weighted by molar-refractivity contribution is -0.385. The summed E-state index contributed by atoms with van der Waals surface area (Å²) in [6.45, 7) is 4.06. The van der Waals surface area contributed by atoms with E-state index in [1.807, 2.05) is 13.8 Å². The van der Waals surface area contributed by atoms with Crippen molar-refractivity contribution in [2.24, 2.45) is 11.7 Å². The lowest BCUT2D eigenvalue weighted by Crippen LogP contribution is -2.25. The Morgan fingerprint density at radius 3 is 2.61 bits per heavy atom. The lowest BCUT2D eigenvalue weighted by atomic mass is 9.97. The van der Waals surface area contributed by atoms with Gasteiger partial charge in [-0.1, -0.05) is 13.8 Å². The number of halogens is 2. The molecule has 0 saturated heterocycles. The highest BCUT2D eigenvalue weighted by Crippen LogP contribution is 2.25. The van der Waals surface area contributed by atoms with Gasteiger partial charge in [-0.05, 0) is 47.4 Å². The summed E-state index contributed by atoms with van der Waals surface area (Å²) in [4.78, 5) is 10.4. The van der Waals surface area contributed by atoms with Crippen LogP contribution in [0.3, 0.4) is 0 Å². The van der Waals surface area contributed by atoms with Crippen molar-refractivity contribution in [3.63, 3.8) is 0 Å². The van der Waals surface area contributed by atoms with E-state index in [0.717, 1.165) is 6.42 Å². The highest BCUT2D eigenvalue weighted by molar-refractivity contribution is 14.1. The van der Waals surface area contributed by atoms with E-state index in [2.05, 4.69) is 0 Å². The summed E-state index contributed by atoms with van der Waals surface area (Å²) in [6.07, 6.45) is 1.08. The second-order valence-electron chi connectivity index (χ2n) is 4.75. The molecule has 1 unspecified atom stereocenters. The van der Waals surface area contributed by atoms with Gasteiger partial charge in [0.15, 0.2) is 0 Å². The summed E-state index contributed by atoms with van der Waals surface area (Å²) >= 11 is 1.74. The Balaban J connectivity index is 3.00. The average Bonchev–Trinajstić information content (AvgIpc) is 2.21. The molecular weight excluding hydrogens is 350 g/mol. The minimum atomic E-state index is -0.487. The Bertz CT molecular complexity index is 452. The molecule has 0 spiro atoms. The van der Waals surface area contributed by atoms with E-state index in [1.54, 1.807) is 22.6 Å². The fourth-order valence-electron chi connectivity index (χ4n) is 1.88. The monoisotopic (exact) mass is 366 g/mol. The molecular formula is C12H16FIN2O2. The highest BCUT2D eigenvalue weighted by atomic mass is 127. The maximum atomic E-state index is 13.5. The van der Waals surface area contributed by atoms with Crippen LogP contribution in [0.25, 0.3) is 0 Å². The minimum Gasteiger partial charge on any atom is -0.327 e. The maximum Gasteiger partial charge on any atom is 0.273 e. The number of nitrogens with two attached hydrogens (primary N) is 1. The number of nitro benzene ring substituents is 1. The van der Waals surface area contributed by atoms with Gasteiger partial charge in [0.1, 0.15) is 5.82 Å². The number of nitro groups is 1. The molecule has 0 bridgehead atoms. The molecule has 1 aromatic rings. The molecule has 0 amide bonds. The van der Waals surface area contributed by atoms with Gasteiger partial charge in [0.2, 0.25) is 0 Å². The Hall–Kier alpha value is -0.760. The zero-order valence-electron chi connectivity index (χ0n) is 10.3. The van der Waals surface area contributed by atoms with Crippen LogP contribution in [0, 0.1) is 25.4 Å². The van der Waals surface area contributed by atoms with Crippen molar-refractivity contribution in [3.05, 3.63) is 37.2 Å². The number of nitrogens with zero attached hydrogens (tertiary/aromatic N) is 1. The van der Waals surface area contributed by atoms with Gasteiger partial charge in [-0.15, -0.1) is 0 Å². The van der Waals surface area contributed by atoms with Crippen LogP contribution >= 0.6 is 22.6 Å². The van der Waals surface area contributed by atoms with Crippen LogP contribution in [0.1, 0.15) is 25.8 Å². The van der Waals surface area contributed by atoms with E-state index in [9.17, 15) is 14.5 Å². The molecule has 1 atom stereocenters. The topological polar surface area (TPSA) is 69.2 Å². The van der Waals surface area contributed by atoms with Crippen LogP contribution in [0.2, 0.25) is 0 Å². The van der Waals surface area contributed by atoms with Crippen LogP contribution in [0.15, 0.2) is 12.1 Å². The molecule has 0 aromatic heterocycles. The molecule has 0 fully saturated rings. The van der Waals surface area contributed by atoms with Crippen molar-refractivity contribution < 1.29 is 9.31 Å². The van der Waals surface area contributed by atoms with Gasteiger partial charge >= 0.3 is 0 Å². The third-order valence-corrected chi connectivity index (χ3v) is 3.40. The van der Waals surface area contributed by atoms with Gasteiger partial charge in [0.25, 0.3) is 5.69 Å². The number of rotatable bonds is 5. The Kier molecular flexibility index (Phi) is 5.46. The Morgan fingerprint density at radius 1 is 1.50 bits per heavy atom. The van der Waals surface area contributed by atoms with Crippen LogP contribution in [-0.2, 0) is 6.42 Å². The third kappa shape index (κ3) is 4.16. The number of hydrogen-bond donors (Lipinski definition) is 1. The van der Waals surface area contributed by atoms with Gasteiger partial charge < -0.3 is 5.73 Å². The maximum absolute atomic E-state index is 13.5. The second kappa shape index (κ2) is 6.42. The second-order valence-corrected chi connectivity index (χ2v) is 5.91. The quantitative estimate of drug-likeness (QED) is 0.494. The molecule has 18 heavy (non-hydrogen) atoms. The molecule has 6 heteroatoms. The van der Waals surface area contributed by atoms with E-state index < -0.39 is 10.7 Å². The summed E-state index contributed by atoms with van der Waals surface area (Å²) in [5.74, 6) is -0.0271. The zero-order valence-corrected chi connectivity index (χ0v) is 12.5. The predicted molar refractivity (Wildman–Crippen MR) is 76.9 cm³/mol. The van der Waals surface area contributed by atoms with Crippen molar-refractivity contribution in [2.75, 3.05) is 0 Å². The van der Waals surface area contributed by atoms with Gasteiger partial charge in [-0.25, -0.2) is 4.39 Å². The molecule has 0 aliphatic rings. The van der Waals surface area contributed by atoms with E-state index in [0.29, 0.717) is 17.9 Å². The SMILES string of the molecule is CC(C)CC(N)Cc1cc(F)c(I)cc1[N+](=O)[O-]. The smallest absolute Gasteiger partial charge is 0.273 e. The molecule has 0 aliphatic heterocycles. The first-order valence-corrected chi connectivity index (χ1v) is 6.77. The fraction of sp³-hybridized carbons (Fsp3) is 0.500. The first-order valence-electron chi connectivity index (χ1n) is 5.69. The standard InChI is InChI=1S/C12H16FIN2O2/c1-7(2)3-9(15)4-8-5-10(13)11(14)6-12(8)16(17)18/h5-7,9H,3-4,15H2,1-2H3. The molecule has 100 valence electrons. The molecule has 0 radical (unpaired) electrons. The minimum absolute atomic E-state index is 0.0555. The summed E-state index contributed by atoms with van der Waals surface area (Å²) in [5, 5.41) is 10.9. The third-order valence-electron chi connectivity index (χ3n) is 2.57. The van der Waals surface area contributed by atoms with Crippen molar-refractivity contribution in [1.82, 2.24) is 0 Å². The van der Waals surface area contributed by atoms with Crippen molar-refractivity contribution in [1.29, 1.82) is 0 Å². The molecule has 4 nitrogen and oxygen atoms in total. The molecule has 2 N–H and O–H groups in total. The summed E-state index contributed by atoms with van der Waals surface area (Å²) in [6, 6.07) is 2.29. The Morgan fingerprint density at radius 2 is 2.11 bits per heavy atom. The number of benzene rings is 1. The molecule has 0 aliphatic carbocycles. The van der Waals surface area contributed by atoms with Gasteiger partial charge in [0.05, 0.1) is 8.49 Å². The van der Waals surface area contributed by atoms with Crippen molar-refractivity contribution in [3.8, 4) is 0 Å². The van der Waals surface area contributed by atoms with Crippen LogP contribution in [0.4, 0.5) is 10.1 Å². The zero-order chi connectivity index (χ0) is 13.9. The average molecular weight is 366 g/mol. The van der Waals surface area contributed by atoms with Crippen LogP contribution in [-0.4, -0.2) is 11.0 Å². The molecule has 1 rings (SSSR count). The van der Waals surface area contributed by atoms with Gasteiger partial charge in [-0.3, -0.25) is 10.1 Å². The molecule has 0 heterocycles. The highest BCUT2D eigenvalue weighted by Gasteiger charge is 2.19.